The van der Waals surface area contributed by atoms with Gasteiger partial charge in [-0.3, -0.25) is 10.1 Å². The summed E-state index contributed by atoms with van der Waals surface area (Å²) in [5, 5.41) is 11.5. The van der Waals surface area contributed by atoms with Crippen molar-refractivity contribution in [1.82, 2.24) is 4.98 Å². The van der Waals surface area contributed by atoms with E-state index in [0.717, 1.165) is 33.9 Å². The van der Waals surface area contributed by atoms with E-state index in [0.29, 0.717) is 5.56 Å². The van der Waals surface area contributed by atoms with Gasteiger partial charge in [-0.2, -0.15) is 5.26 Å². The number of carbonyl (C=O) groups excluding carboxylic acids is 1. The van der Waals surface area contributed by atoms with Crippen molar-refractivity contribution in [2.75, 3.05) is 5.32 Å². The molecule has 3 aromatic rings. The molecule has 3 rings (SSSR count). The van der Waals surface area contributed by atoms with E-state index in [9.17, 15) is 13.6 Å². The maximum Gasteiger partial charge on any atom is 0.263 e. The van der Waals surface area contributed by atoms with Crippen LogP contribution >= 0.6 is 11.3 Å². The minimum absolute atomic E-state index is 0.208. The zero-order chi connectivity index (χ0) is 17.1. The predicted octanol–water partition coefficient (Wildman–Crippen LogP) is 4.21. The fraction of sp³-hybridized carbons (Fsp3) is 0. The molecule has 2 aromatic carbocycles. The zero-order valence-electron chi connectivity index (χ0n) is 12.1. The van der Waals surface area contributed by atoms with Crippen molar-refractivity contribution in [3.05, 3.63) is 71.4 Å². The summed E-state index contributed by atoms with van der Waals surface area (Å²) >= 11 is 1.14. The third-order valence-electron chi connectivity index (χ3n) is 3.19. The Hall–Kier alpha value is -3.11. The van der Waals surface area contributed by atoms with Crippen LogP contribution in [0, 0.1) is 23.0 Å². The molecule has 0 saturated heterocycles. The Morgan fingerprint density at radius 1 is 1.17 bits per heavy atom. The lowest BCUT2D eigenvalue weighted by atomic mass is 10.1. The fourth-order valence-corrected chi connectivity index (χ4v) is 2.89. The number of thiazole rings is 1. The van der Waals surface area contributed by atoms with Gasteiger partial charge in [-0.05, 0) is 29.8 Å². The number of amides is 1. The highest BCUT2D eigenvalue weighted by Gasteiger charge is 2.18. The Balaban J connectivity index is 1.84. The molecular weight excluding hydrogens is 332 g/mol. The van der Waals surface area contributed by atoms with E-state index >= 15 is 0 Å². The predicted molar refractivity (Wildman–Crippen MR) is 86.6 cm³/mol. The van der Waals surface area contributed by atoms with Crippen LogP contribution in [0.1, 0.15) is 15.9 Å². The second kappa shape index (κ2) is 6.56. The number of nitrogens with zero attached hydrogens (tertiary/aromatic N) is 2. The molecule has 0 atom stereocenters. The second-order valence-electron chi connectivity index (χ2n) is 4.77. The average molecular weight is 341 g/mol. The molecular formula is C17H9F2N3OS. The Labute approximate surface area is 140 Å². The number of hydrogen-bond acceptors (Lipinski definition) is 4. The smallest absolute Gasteiger partial charge is 0.263 e. The number of nitrogens with one attached hydrogen (secondary N) is 1. The van der Waals surface area contributed by atoms with Crippen LogP contribution < -0.4 is 5.32 Å². The van der Waals surface area contributed by atoms with E-state index in [-0.39, 0.29) is 5.13 Å². The molecule has 1 aromatic heterocycles. The molecule has 1 heterocycles. The average Bonchev–Trinajstić information content (AvgIpc) is 3.03. The van der Waals surface area contributed by atoms with E-state index in [4.69, 9.17) is 5.26 Å². The highest BCUT2D eigenvalue weighted by molar-refractivity contribution is 7.19. The number of carbonyl (C=O) groups is 1. The van der Waals surface area contributed by atoms with Crippen LogP contribution in [0.3, 0.4) is 0 Å². The highest BCUT2D eigenvalue weighted by Crippen LogP contribution is 2.29. The summed E-state index contributed by atoms with van der Waals surface area (Å²) in [6.07, 6.45) is 1.52. The van der Waals surface area contributed by atoms with E-state index in [1.165, 1.54) is 12.3 Å². The number of rotatable bonds is 3. The molecule has 0 unspecified atom stereocenters. The van der Waals surface area contributed by atoms with Gasteiger partial charge in [0.2, 0.25) is 0 Å². The molecule has 0 aliphatic carbocycles. The quantitative estimate of drug-likeness (QED) is 0.776. The molecule has 24 heavy (non-hydrogen) atoms. The summed E-state index contributed by atoms with van der Waals surface area (Å²) in [6.45, 7) is 0. The van der Waals surface area contributed by atoms with Crippen LogP contribution in [0.25, 0.3) is 10.4 Å². The highest BCUT2D eigenvalue weighted by atomic mass is 32.1. The molecule has 0 fully saturated rings. The van der Waals surface area contributed by atoms with Crippen LogP contribution in [0.2, 0.25) is 0 Å². The molecule has 0 spiro atoms. The van der Waals surface area contributed by atoms with Gasteiger partial charge in [0.15, 0.2) is 5.13 Å². The number of anilines is 1. The number of aromatic nitrogens is 1. The molecule has 0 radical (unpaired) electrons. The van der Waals surface area contributed by atoms with Crippen molar-refractivity contribution in [2.24, 2.45) is 0 Å². The minimum Gasteiger partial charge on any atom is -0.298 e. The van der Waals surface area contributed by atoms with Crippen LogP contribution in [0.4, 0.5) is 13.9 Å². The van der Waals surface area contributed by atoms with E-state index in [1.54, 1.807) is 24.3 Å². The van der Waals surface area contributed by atoms with Gasteiger partial charge in [-0.15, -0.1) is 0 Å². The third-order valence-corrected chi connectivity index (χ3v) is 4.15. The van der Waals surface area contributed by atoms with Crippen molar-refractivity contribution >= 4 is 22.4 Å². The molecule has 7 heteroatoms. The molecule has 4 nitrogen and oxygen atoms in total. The van der Waals surface area contributed by atoms with Crippen LogP contribution in [0.5, 0.6) is 0 Å². The first-order chi connectivity index (χ1) is 11.6. The van der Waals surface area contributed by atoms with Crippen molar-refractivity contribution in [1.29, 1.82) is 5.26 Å². The molecule has 0 aliphatic rings. The molecule has 0 bridgehead atoms. The van der Waals surface area contributed by atoms with Crippen molar-refractivity contribution < 1.29 is 13.6 Å². The molecule has 1 amide bonds. The SMILES string of the molecule is N#Cc1cccc(-c2cnc(NC(=O)c3c(F)cccc3F)s2)c1. The summed E-state index contributed by atoms with van der Waals surface area (Å²) < 4.78 is 27.2. The summed E-state index contributed by atoms with van der Waals surface area (Å²) in [5.74, 6) is -2.78. The van der Waals surface area contributed by atoms with Crippen molar-refractivity contribution in [3.63, 3.8) is 0 Å². The van der Waals surface area contributed by atoms with Gasteiger partial charge in [0.05, 0.1) is 16.5 Å². The Bertz CT molecular complexity index is 942. The van der Waals surface area contributed by atoms with Gasteiger partial charge in [-0.25, -0.2) is 13.8 Å². The number of benzene rings is 2. The topological polar surface area (TPSA) is 65.8 Å². The van der Waals surface area contributed by atoms with Gasteiger partial charge in [0.25, 0.3) is 5.91 Å². The number of halogens is 2. The Morgan fingerprint density at radius 2 is 1.88 bits per heavy atom. The third kappa shape index (κ3) is 3.14. The van der Waals surface area contributed by atoms with Gasteiger partial charge >= 0.3 is 0 Å². The van der Waals surface area contributed by atoms with Crippen LogP contribution in [0.15, 0.2) is 48.7 Å². The van der Waals surface area contributed by atoms with Gasteiger partial charge in [0.1, 0.15) is 17.2 Å². The second-order valence-corrected chi connectivity index (χ2v) is 5.80. The van der Waals surface area contributed by atoms with E-state index in [1.807, 2.05) is 6.07 Å². The first kappa shape index (κ1) is 15.8. The zero-order valence-corrected chi connectivity index (χ0v) is 12.9. The van der Waals surface area contributed by atoms with E-state index < -0.39 is 23.1 Å². The lowest BCUT2D eigenvalue weighted by molar-refractivity contribution is 0.101. The molecule has 1 N–H and O–H groups in total. The van der Waals surface area contributed by atoms with Crippen LogP contribution in [-0.2, 0) is 0 Å². The Kier molecular flexibility index (Phi) is 4.31. The summed E-state index contributed by atoms with van der Waals surface area (Å²) in [6, 6.07) is 12.2. The number of nitriles is 1. The largest absolute Gasteiger partial charge is 0.298 e. The van der Waals surface area contributed by atoms with Gasteiger partial charge in [0, 0.05) is 6.20 Å². The number of hydrogen-bond donors (Lipinski definition) is 1. The summed E-state index contributed by atoms with van der Waals surface area (Å²) in [7, 11) is 0. The fourth-order valence-electron chi connectivity index (χ4n) is 2.08. The van der Waals surface area contributed by atoms with Crippen molar-refractivity contribution in [3.8, 4) is 16.5 Å². The monoisotopic (exact) mass is 341 g/mol. The maximum atomic E-state index is 13.6. The Morgan fingerprint density at radius 3 is 2.58 bits per heavy atom. The molecule has 118 valence electrons. The molecule has 0 saturated carbocycles. The summed E-state index contributed by atoms with van der Waals surface area (Å²) in [4.78, 5) is 16.8. The van der Waals surface area contributed by atoms with Gasteiger partial charge in [-0.1, -0.05) is 29.5 Å². The maximum absolute atomic E-state index is 13.6. The minimum atomic E-state index is -0.939. The standard InChI is InChI=1S/C17H9F2N3OS/c18-12-5-2-6-13(19)15(12)16(23)22-17-21-9-14(24-17)11-4-1-3-10(7-11)8-20/h1-7,9H,(H,21,22,23). The van der Waals surface area contributed by atoms with Gasteiger partial charge < -0.3 is 0 Å². The lowest BCUT2D eigenvalue weighted by Gasteiger charge is -2.04. The lowest BCUT2D eigenvalue weighted by Crippen LogP contribution is -2.15. The van der Waals surface area contributed by atoms with E-state index in [2.05, 4.69) is 10.3 Å². The van der Waals surface area contributed by atoms with Crippen molar-refractivity contribution in [2.45, 2.75) is 0 Å². The normalized spacial score (nSPS) is 10.2. The summed E-state index contributed by atoms with van der Waals surface area (Å²) in [5.41, 5.74) is 0.616. The first-order valence-electron chi connectivity index (χ1n) is 6.80. The van der Waals surface area contributed by atoms with Crippen LogP contribution in [-0.4, -0.2) is 10.9 Å². The first-order valence-corrected chi connectivity index (χ1v) is 7.62. The molecule has 0 aliphatic heterocycles.